The van der Waals surface area contributed by atoms with Crippen molar-refractivity contribution in [1.82, 2.24) is 15.1 Å². The summed E-state index contributed by atoms with van der Waals surface area (Å²) in [6.07, 6.45) is 2.84. The van der Waals surface area contributed by atoms with E-state index in [1.807, 2.05) is 4.68 Å². The van der Waals surface area contributed by atoms with Crippen LogP contribution in [0.15, 0.2) is 6.20 Å². The Hall–Kier alpha value is -1.07. The third-order valence-electron chi connectivity index (χ3n) is 3.46. The molecule has 110 valence electrons. The lowest BCUT2D eigenvalue weighted by atomic mass is 9.94. The van der Waals surface area contributed by atoms with Crippen molar-refractivity contribution in [2.45, 2.75) is 52.3 Å². The first kappa shape index (κ1) is 16.0. The van der Waals surface area contributed by atoms with Crippen molar-refractivity contribution < 1.29 is 9.47 Å². The van der Waals surface area contributed by atoms with Crippen LogP contribution in [0.25, 0.3) is 0 Å². The van der Waals surface area contributed by atoms with Gasteiger partial charge in [-0.15, -0.1) is 0 Å². The van der Waals surface area contributed by atoms with Gasteiger partial charge >= 0.3 is 0 Å². The van der Waals surface area contributed by atoms with Gasteiger partial charge < -0.3 is 14.8 Å². The van der Waals surface area contributed by atoms with Gasteiger partial charge in [0.15, 0.2) is 5.75 Å². The number of hydrogen-bond acceptors (Lipinski definition) is 4. The molecule has 1 aromatic heterocycles. The molecule has 0 spiro atoms. The third-order valence-corrected chi connectivity index (χ3v) is 3.46. The first-order valence-corrected chi connectivity index (χ1v) is 6.90. The zero-order chi connectivity index (χ0) is 14.5. The fraction of sp³-hybridized carbons (Fsp3) is 0.786. The lowest BCUT2D eigenvalue weighted by Crippen LogP contribution is -2.42. The summed E-state index contributed by atoms with van der Waals surface area (Å²) in [5, 5.41) is 7.92. The maximum atomic E-state index is 5.66. The zero-order valence-electron chi connectivity index (χ0n) is 13.0. The van der Waals surface area contributed by atoms with Crippen LogP contribution in [0.3, 0.4) is 0 Å². The molecule has 19 heavy (non-hydrogen) atoms. The Morgan fingerprint density at radius 1 is 1.37 bits per heavy atom. The first-order chi connectivity index (χ1) is 9.01. The number of aromatic nitrogens is 2. The van der Waals surface area contributed by atoms with Gasteiger partial charge in [-0.2, -0.15) is 5.10 Å². The molecule has 0 aliphatic carbocycles. The van der Waals surface area contributed by atoms with E-state index in [0.29, 0.717) is 0 Å². The van der Waals surface area contributed by atoms with E-state index in [1.54, 1.807) is 20.4 Å². The number of rotatable bonds is 8. The number of ether oxygens (including phenoxy) is 2. The van der Waals surface area contributed by atoms with E-state index < -0.39 is 0 Å². The van der Waals surface area contributed by atoms with Crippen molar-refractivity contribution in [3.63, 3.8) is 0 Å². The van der Waals surface area contributed by atoms with Crippen molar-refractivity contribution in [3.8, 4) is 5.75 Å². The smallest absolute Gasteiger partial charge is 0.161 e. The fourth-order valence-corrected chi connectivity index (χ4v) is 2.16. The number of hydrogen-bond donors (Lipinski definition) is 1. The average Bonchev–Trinajstić information content (AvgIpc) is 2.81. The van der Waals surface area contributed by atoms with E-state index in [2.05, 4.69) is 38.1 Å². The average molecular weight is 269 g/mol. The number of methoxy groups -OCH3 is 2. The van der Waals surface area contributed by atoms with Crippen LogP contribution in [-0.4, -0.2) is 36.1 Å². The van der Waals surface area contributed by atoms with E-state index in [4.69, 9.17) is 9.47 Å². The molecule has 1 N–H and O–H groups in total. The van der Waals surface area contributed by atoms with Gasteiger partial charge in [-0.1, -0.05) is 6.92 Å². The van der Waals surface area contributed by atoms with Crippen LogP contribution in [-0.2, 0) is 11.3 Å². The van der Waals surface area contributed by atoms with E-state index >= 15 is 0 Å². The minimum atomic E-state index is -0.338. The first-order valence-electron chi connectivity index (χ1n) is 6.90. The summed E-state index contributed by atoms with van der Waals surface area (Å²) in [4.78, 5) is 0. The molecule has 5 nitrogen and oxygen atoms in total. The Morgan fingerprint density at radius 3 is 2.53 bits per heavy atom. The molecule has 0 amide bonds. The molecule has 1 heterocycles. The minimum Gasteiger partial charge on any atom is -0.493 e. The molecule has 0 radical (unpaired) electrons. The Morgan fingerprint density at radius 2 is 2.05 bits per heavy atom. The van der Waals surface area contributed by atoms with Crippen LogP contribution in [0, 0.1) is 0 Å². The highest BCUT2D eigenvalue weighted by Gasteiger charge is 2.35. The standard InChI is InChI=1S/C14H27N3O2/c1-7-9-15-13(14(3,4)19-6)12-11(18-5)10-16-17(12)8-2/h10,13,15H,7-9H2,1-6H3. The van der Waals surface area contributed by atoms with Crippen LogP contribution >= 0.6 is 0 Å². The summed E-state index contributed by atoms with van der Waals surface area (Å²) in [5.41, 5.74) is 0.709. The topological polar surface area (TPSA) is 48.3 Å². The molecule has 0 saturated heterocycles. The summed E-state index contributed by atoms with van der Waals surface area (Å²) < 4.78 is 13.1. The van der Waals surface area contributed by atoms with E-state index in [9.17, 15) is 0 Å². The highest BCUT2D eigenvalue weighted by atomic mass is 16.5. The molecule has 0 aliphatic rings. The monoisotopic (exact) mass is 269 g/mol. The Bertz CT molecular complexity index is 367. The van der Waals surface area contributed by atoms with Gasteiger partial charge in [-0.3, -0.25) is 4.68 Å². The largest absolute Gasteiger partial charge is 0.493 e. The van der Waals surface area contributed by atoms with E-state index in [0.717, 1.165) is 31.0 Å². The lowest BCUT2D eigenvalue weighted by Gasteiger charge is -2.34. The molecule has 1 aromatic rings. The number of aryl methyl sites for hydroxylation is 1. The van der Waals surface area contributed by atoms with Gasteiger partial charge in [0.05, 0.1) is 24.9 Å². The molecular formula is C14H27N3O2. The Labute approximate surface area is 116 Å². The van der Waals surface area contributed by atoms with Crippen molar-refractivity contribution in [2.75, 3.05) is 20.8 Å². The van der Waals surface area contributed by atoms with Crippen molar-refractivity contribution in [3.05, 3.63) is 11.9 Å². The summed E-state index contributed by atoms with van der Waals surface area (Å²) in [6.45, 7) is 10.1. The van der Waals surface area contributed by atoms with Gasteiger partial charge in [-0.05, 0) is 33.7 Å². The second-order valence-electron chi connectivity index (χ2n) is 5.11. The maximum absolute atomic E-state index is 5.66. The highest BCUT2D eigenvalue weighted by molar-refractivity contribution is 5.30. The van der Waals surface area contributed by atoms with Crippen molar-refractivity contribution in [2.24, 2.45) is 0 Å². The minimum absolute atomic E-state index is 0.0369. The van der Waals surface area contributed by atoms with Crippen LogP contribution in [0.5, 0.6) is 5.75 Å². The van der Waals surface area contributed by atoms with Gasteiger partial charge in [0.1, 0.15) is 5.69 Å². The van der Waals surface area contributed by atoms with Crippen molar-refractivity contribution in [1.29, 1.82) is 0 Å². The summed E-state index contributed by atoms with van der Waals surface area (Å²) >= 11 is 0. The van der Waals surface area contributed by atoms with Crippen LogP contribution in [0.2, 0.25) is 0 Å². The quantitative estimate of drug-likeness (QED) is 0.787. The van der Waals surface area contributed by atoms with Crippen LogP contribution in [0.1, 0.15) is 45.9 Å². The molecule has 0 saturated carbocycles. The lowest BCUT2D eigenvalue weighted by molar-refractivity contribution is -0.0140. The number of nitrogens with zero attached hydrogens (tertiary/aromatic N) is 2. The highest BCUT2D eigenvalue weighted by Crippen LogP contribution is 2.34. The normalized spacial score (nSPS) is 13.6. The van der Waals surface area contributed by atoms with E-state index in [1.165, 1.54) is 0 Å². The van der Waals surface area contributed by atoms with Gasteiger partial charge in [0, 0.05) is 13.7 Å². The molecule has 1 unspecified atom stereocenters. The molecule has 0 aromatic carbocycles. The molecular weight excluding hydrogens is 242 g/mol. The summed E-state index contributed by atoms with van der Waals surface area (Å²) in [7, 11) is 3.41. The molecule has 5 heteroatoms. The van der Waals surface area contributed by atoms with Gasteiger partial charge in [0.2, 0.25) is 0 Å². The third kappa shape index (κ3) is 3.48. The van der Waals surface area contributed by atoms with Crippen LogP contribution in [0.4, 0.5) is 0 Å². The second kappa shape index (κ2) is 6.91. The second-order valence-corrected chi connectivity index (χ2v) is 5.11. The van der Waals surface area contributed by atoms with Crippen molar-refractivity contribution >= 4 is 0 Å². The SMILES string of the molecule is CCCNC(c1c(OC)cnn1CC)C(C)(C)OC. The molecule has 1 rings (SSSR count). The molecule has 0 bridgehead atoms. The number of nitrogens with one attached hydrogen (secondary N) is 1. The summed E-state index contributed by atoms with van der Waals surface area (Å²) in [5.74, 6) is 0.806. The molecule has 0 fully saturated rings. The summed E-state index contributed by atoms with van der Waals surface area (Å²) in [6, 6.07) is 0.0369. The molecule has 1 atom stereocenters. The fourth-order valence-electron chi connectivity index (χ4n) is 2.16. The maximum Gasteiger partial charge on any atom is 0.161 e. The van der Waals surface area contributed by atoms with Crippen LogP contribution < -0.4 is 10.1 Å². The zero-order valence-corrected chi connectivity index (χ0v) is 13.0. The predicted molar refractivity (Wildman–Crippen MR) is 76.6 cm³/mol. The van der Waals surface area contributed by atoms with Gasteiger partial charge in [-0.25, -0.2) is 0 Å². The predicted octanol–water partition coefficient (Wildman–Crippen LogP) is 2.38. The Kier molecular flexibility index (Phi) is 5.82. The molecule has 0 aliphatic heterocycles. The Balaban J connectivity index is 3.19. The van der Waals surface area contributed by atoms with E-state index in [-0.39, 0.29) is 11.6 Å². The van der Waals surface area contributed by atoms with Gasteiger partial charge in [0.25, 0.3) is 0 Å².